The first kappa shape index (κ1) is 20.4. The van der Waals surface area contributed by atoms with Gasteiger partial charge in [-0.05, 0) is 55.9 Å². The van der Waals surface area contributed by atoms with Gasteiger partial charge in [0.1, 0.15) is 5.82 Å². The molecule has 0 amide bonds. The molecule has 0 aromatic carbocycles. The molecule has 0 atom stereocenters. The van der Waals surface area contributed by atoms with Gasteiger partial charge in [-0.15, -0.1) is 0 Å². The van der Waals surface area contributed by atoms with Crippen molar-refractivity contribution in [2.75, 3.05) is 30.0 Å². The van der Waals surface area contributed by atoms with E-state index in [4.69, 9.17) is 21.3 Å². The zero-order valence-corrected chi connectivity index (χ0v) is 18.4. The van der Waals surface area contributed by atoms with Crippen LogP contribution in [0.4, 0.5) is 17.3 Å². The van der Waals surface area contributed by atoms with E-state index in [0.29, 0.717) is 17.0 Å². The molecule has 2 aromatic rings. The van der Waals surface area contributed by atoms with Crippen LogP contribution in [0.5, 0.6) is 0 Å². The summed E-state index contributed by atoms with van der Waals surface area (Å²) in [4.78, 5) is 12.0. The summed E-state index contributed by atoms with van der Waals surface area (Å²) >= 11 is 6.02. The lowest BCUT2D eigenvalue weighted by Gasteiger charge is -2.38. The van der Waals surface area contributed by atoms with Gasteiger partial charge >= 0.3 is 0 Å². The molecule has 0 radical (unpaired) electrons. The lowest BCUT2D eigenvalue weighted by molar-refractivity contribution is 0.0839. The summed E-state index contributed by atoms with van der Waals surface area (Å²) in [5, 5.41) is 4.11. The summed E-state index contributed by atoms with van der Waals surface area (Å²) < 4.78 is 5.62. The molecule has 29 heavy (non-hydrogen) atoms. The van der Waals surface area contributed by atoms with Crippen LogP contribution in [0.15, 0.2) is 30.5 Å². The molecule has 1 saturated carbocycles. The van der Waals surface area contributed by atoms with Crippen molar-refractivity contribution in [2.24, 2.45) is 5.92 Å². The second-order valence-electron chi connectivity index (χ2n) is 9.00. The van der Waals surface area contributed by atoms with Crippen molar-refractivity contribution in [1.82, 2.24) is 9.97 Å². The maximum atomic E-state index is 6.02. The van der Waals surface area contributed by atoms with Crippen LogP contribution in [0.25, 0.3) is 0 Å². The third-order valence-corrected chi connectivity index (χ3v) is 6.19. The van der Waals surface area contributed by atoms with Crippen molar-refractivity contribution in [3.63, 3.8) is 0 Å². The molecule has 2 aromatic heterocycles. The number of ether oxygens (including phenoxy) is 1. The second kappa shape index (κ2) is 8.49. The molecule has 0 spiro atoms. The summed E-state index contributed by atoms with van der Waals surface area (Å²) in [6, 6.07) is 8.69. The molecule has 2 fully saturated rings. The quantitative estimate of drug-likeness (QED) is 0.642. The topological polar surface area (TPSA) is 50.3 Å². The van der Waals surface area contributed by atoms with Gasteiger partial charge in [-0.2, -0.15) is 0 Å². The van der Waals surface area contributed by atoms with Gasteiger partial charge < -0.3 is 15.0 Å². The Morgan fingerprint density at radius 2 is 1.97 bits per heavy atom. The van der Waals surface area contributed by atoms with Crippen molar-refractivity contribution in [3.05, 3.63) is 41.2 Å². The van der Waals surface area contributed by atoms with Crippen molar-refractivity contribution in [2.45, 2.75) is 57.9 Å². The largest absolute Gasteiger partial charge is 0.381 e. The number of anilines is 3. The molecule has 3 heterocycles. The first-order valence-electron chi connectivity index (χ1n) is 10.7. The molecule has 5 nitrogen and oxygen atoms in total. The Balaban J connectivity index is 1.71. The molecule has 156 valence electrons. The predicted molar refractivity (Wildman–Crippen MR) is 119 cm³/mol. The molecule has 1 N–H and O–H groups in total. The Morgan fingerprint density at radius 3 is 2.59 bits per heavy atom. The maximum Gasteiger partial charge on any atom is 0.155 e. The number of nitrogens with one attached hydrogen (secondary N) is 1. The molecule has 2 aliphatic rings. The Labute approximate surface area is 178 Å². The van der Waals surface area contributed by atoms with E-state index < -0.39 is 0 Å². The van der Waals surface area contributed by atoms with E-state index >= 15 is 0 Å². The highest BCUT2D eigenvalue weighted by Crippen LogP contribution is 2.48. The molecule has 1 aliphatic carbocycles. The number of nitrogens with zero attached hydrogens (tertiary/aromatic N) is 3. The van der Waals surface area contributed by atoms with Crippen LogP contribution in [0.2, 0.25) is 5.02 Å². The van der Waals surface area contributed by atoms with Crippen LogP contribution in [-0.2, 0) is 10.2 Å². The highest BCUT2D eigenvalue weighted by atomic mass is 35.5. The highest BCUT2D eigenvalue weighted by molar-refractivity contribution is 6.30. The molecule has 0 bridgehead atoms. The lowest BCUT2D eigenvalue weighted by Crippen LogP contribution is -2.42. The van der Waals surface area contributed by atoms with E-state index in [1.807, 2.05) is 12.1 Å². The number of halogens is 1. The van der Waals surface area contributed by atoms with Crippen LogP contribution in [-0.4, -0.2) is 35.8 Å². The Bertz CT molecular complexity index is 829. The van der Waals surface area contributed by atoms with Gasteiger partial charge in [-0.3, -0.25) is 0 Å². The molecule has 0 unspecified atom stereocenters. The zero-order valence-electron chi connectivity index (χ0n) is 17.6. The lowest BCUT2D eigenvalue weighted by atomic mass is 10.0. The van der Waals surface area contributed by atoms with Crippen molar-refractivity contribution in [3.8, 4) is 0 Å². The van der Waals surface area contributed by atoms with Crippen molar-refractivity contribution in [1.29, 1.82) is 0 Å². The van der Waals surface area contributed by atoms with Crippen molar-refractivity contribution < 1.29 is 4.74 Å². The third kappa shape index (κ3) is 4.84. The summed E-state index contributed by atoms with van der Waals surface area (Å²) in [6.45, 7) is 9.48. The van der Waals surface area contributed by atoms with Crippen LogP contribution in [0.1, 0.15) is 52.1 Å². The Kier molecular flexibility index (Phi) is 5.98. The molecule has 4 rings (SSSR count). The fourth-order valence-corrected chi connectivity index (χ4v) is 4.07. The molecule has 1 saturated heterocycles. The summed E-state index contributed by atoms with van der Waals surface area (Å²) in [5.74, 6) is 2.20. The van der Waals surface area contributed by atoms with Gasteiger partial charge in [0.15, 0.2) is 5.82 Å². The average molecular weight is 415 g/mol. The number of pyridine rings is 2. The number of hydrogen-bond donors (Lipinski definition) is 1. The highest BCUT2D eigenvalue weighted by Gasteiger charge is 2.41. The van der Waals surface area contributed by atoms with E-state index in [1.54, 1.807) is 6.20 Å². The SMILES string of the molecule is CC(C)CN(c1ccc(C2(C)CC2)nc1Nc1ccc(Cl)cn1)C1CCOCC1. The first-order chi connectivity index (χ1) is 13.9. The number of aromatic nitrogens is 2. The predicted octanol–water partition coefficient (Wildman–Crippen LogP) is 5.57. The van der Waals surface area contributed by atoms with Gasteiger partial charge in [0.2, 0.25) is 0 Å². The van der Waals surface area contributed by atoms with Gasteiger partial charge in [0.05, 0.1) is 10.7 Å². The fourth-order valence-electron chi connectivity index (χ4n) is 3.96. The minimum Gasteiger partial charge on any atom is -0.381 e. The van der Waals surface area contributed by atoms with Crippen LogP contribution in [0.3, 0.4) is 0 Å². The molecular formula is C23H31ClN4O. The smallest absolute Gasteiger partial charge is 0.155 e. The van der Waals surface area contributed by atoms with E-state index in [9.17, 15) is 0 Å². The maximum absolute atomic E-state index is 6.02. The second-order valence-corrected chi connectivity index (χ2v) is 9.44. The van der Waals surface area contributed by atoms with Crippen LogP contribution in [0, 0.1) is 5.92 Å². The zero-order chi connectivity index (χ0) is 20.4. The minimum absolute atomic E-state index is 0.212. The van der Waals surface area contributed by atoms with E-state index in [-0.39, 0.29) is 5.41 Å². The summed E-state index contributed by atoms with van der Waals surface area (Å²) in [5.41, 5.74) is 2.52. The molecular weight excluding hydrogens is 384 g/mol. The van der Waals surface area contributed by atoms with Gasteiger partial charge in [0.25, 0.3) is 0 Å². The molecule has 1 aliphatic heterocycles. The van der Waals surface area contributed by atoms with E-state index in [2.05, 4.69) is 48.1 Å². The fraction of sp³-hybridized carbons (Fsp3) is 0.565. The normalized spacial score (nSPS) is 18.7. The van der Waals surface area contributed by atoms with Gasteiger partial charge in [-0.1, -0.05) is 32.4 Å². The average Bonchev–Trinajstić information content (AvgIpc) is 3.47. The van der Waals surface area contributed by atoms with Gasteiger partial charge in [0, 0.05) is 43.1 Å². The van der Waals surface area contributed by atoms with Crippen LogP contribution >= 0.6 is 11.6 Å². The van der Waals surface area contributed by atoms with E-state index in [1.165, 1.54) is 12.8 Å². The minimum atomic E-state index is 0.212. The monoisotopic (exact) mass is 414 g/mol. The molecule has 6 heteroatoms. The Morgan fingerprint density at radius 1 is 1.21 bits per heavy atom. The number of hydrogen-bond acceptors (Lipinski definition) is 5. The number of rotatable bonds is 7. The summed E-state index contributed by atoms with van der Waals surface area (Å²) in [6.07, 6.45) is 6.16. The van der Waals surface area contributed by atoms with E-state index in [0.717, 1.165) is 55.6 Å². The Hall–Kier alpha value is -1.85. The van der Waals surface area contributed by atoms with Crippen LogP contribution < -0.4 is 10.2 Å². The summed E-state index contributed by atoms with van der Waals surface area (Å²) in [7, 11) is 0. The third-order valence-electron chi connectivity index (χ3n) is 5.97. The van der Waals surface area contributed by atoms with Crippen molar-refractivity contribution >= 4 is 28.9 Å². The standard InChI is InChI=1S/C23H31ClN4O/c1-16(2)15-28(18-8-12-29-13-9-18)19-5-6-20(23(3)10-11-23)26-22(19)27-21-7-4-17(24)14-25-21/h4-7,14,16,18H,8-13,15H2,1-3H3,(H,25,26,27). The van der Waals surface area contributed by atoms with Gasteiger partial charge in [-0.25, -0.2) is 9.97 Å². The first-order valence-corrected chi connectivity index (χ1v) is 11.1.